The fraction of sp³-hybridized carbons (Fsp3) is 0.533. The van der Waals surface area contributed by atoms with E-state index in [1.54, 1.807) is 16.4 Å². The average molecular weight is 309 g/mol. The van der Waals surface area contributed by atoms with Crippen molar-refractivity contribution in [3.8, 4) is 0 Å². The third kappa shape index (κ3) is 2.96. The molecule has 0 amide bonds. The number of nitrogens with zero attached hydrogens (tertiary/aromatic N) is 1. The van der Waals surface area contributed by atoms with E-state index in [2.05, 4.69) is 0 Å². The minimum absolute atomic E-state index is 0.0493. The second kappa shape index (κ2) is 5.42. The fourth-order valence-electron chi connectivity index (χ4n) is 3.46. The number of rotatable bonds is 4. The van der Waals surface area contributed by atoms with Gasteiger partial charge in [0.1, 0.15) is 0 Å². The lowest BCUT2D eigenvalue weighted by Gasteiger charge is -2.17. The van der Waals surface area contributed by atoms with Gasteiger partial charge in [-0.15, -0.1) is 0 Å². The molecule has 1 aromatic carbocycles. The number of hydrogen-bond donors (Lipinski definition) is 1. The Bertz CT molecular complexity index is 626. The lowest BCUT2D eigenvalue weighted by molar-refractivity contribution is 0.0697. The quantitative estimate of drug-likeness (QED) is 0.922. The Balaban J connectivity index is 1.70. The normalized spacial score (nSPS) is 25.9. The van der Waals surface area contributed by atoms with E-state index < -0.39 is 16.0 Å². The van der Waals surface area contributed by atoms with Crippen molar-refractivity contribution in [2.75, 3.05) is 13.1 Å². The standard InChI is InChI=1S/C15H19NO4S/c17-15(18)12-6-4-11(5-7-12)10-21(19,20)16-8-13-2-1-3-14(13)9-16/h4-7,13-14H,1-3,8-10H2,(H,17,18). The van der Waals surface area contributed by atoms with Gasteiger partial charge in [0.05, 0.1) is 11.3 Å². The largest absolute Gasteiger partial charge is 0.478 e. The number of carboxylic acid groups (broad SMARTS) is 1. The highest BCUT2D eigenvalue weighted by Crippen LogP contribution is 2.39. The zero-order chi connectivity index (χ0) is 15.0. The summed E-state index contributed by atoms with van der Waals surface area (Å²) in [5.74, 6) is 0.0203. The molecule has 6 heteroatoms. The molecule has 1 heterocycles. The smallest absolute Gasteiger partial charge is 0.335 e. The molecule has 2 unspecified atom stereocenters. The van der Waals surface area contributed by atoms with Crippen molar-refractivity contribution in [3.63, 3.8) is 0 Å². The molecule has 5 nitrogen and oxygen atoms in total. The Labute approximate surface area is 124 Å². The Morgan fingerprint density at radius 3 is 2.24 bits per heavy atom. The van der Waals surface area contributed by atoms with Crippen LogP contribution >= 0.6 is 0 Å². The van der Waals surface area contributed by atoms with Gasteiger partial charge in [0, 0.05) is 13.1 Å². The topological polar surface area (TPSA) is 74.7 Å². The van der Waals surface area contributed by atoms with Gasteiger partial charge in [0.15, 0.2) is 0 Å². The molecule has 0 aromatic heterocycles. The van der Waals surface area contributed by atoms with Crippen LogP contribution in [0.5, 0.6) is 0 Å². The van der Waals surface area contributed by atoms with Gasteiger partial charge in [0.25, 0.3) is 0 Å². The summed E-state index contributed by atoms with van der Waals surface area (Å²) < 4.78 is 26.5. The number of carboxylic acids is 1. The molecule has 0 bridgehead atoms. The van der Waals surface area contributed by atoms with E-state index in [0.717, 1.165) is 12.8 Å². The Morgan fingerprint density at radius 2 is 1.71 bits per heavy atom. The molecule has 1 N–H and O–H groups in total. The van der Waals surface area contributed by atoms with E-state index in [9.17, 15) is 13.2 Å². The van der Waals surface area contributed by atoms with E-state index >= 15 is 0 Å². The lowest BCUT2D eigenvalue weighted by atomic mass is 10.0. The van der Waals surface area contributed by atoms with Crippen LogP contribution in [0.4, 0.5) is 0 Å². The molecule has 21 heavy (non-hydrogen) atoms. The van der Waals surface area contributed by atoms with Crippen molar-refractivity contribution in [3.05, 3.63) is 35.4 Å². The summed E-state index contributed by atoms with van der Waals surface area (Å²) in [6, 6.07) is 6.06. The summed E-state index contributed by atoms with van der Waals surface area (Å²) in [6.45, 7) is 1.31. The lowest BCUT2D eigenvalue weighted by Crippen LogP contribution is -2.30. The van der Waals surface area contributed by atoms with Gasteiger partial charge in [-0.1, -0.05) is 18.6 Å². The second-order valence-electron chi connectivity index (χ2n) is 6.03. The van der Waals surface area contributed by atoms with Gasteiger partial charge in [-0.3, -0.25) is 0 Å². The zero-order valence-corrected chi connectivity index (χ0v) is 12.6. The molecule has 2 aliphatic rings. The van der Waals surface area contributed by atoms with Gasteiger partial charge >= 0.3 is 5.97 Å². The van der Waals surface area contributed by atoms with Gasteiger partial charge in [0.2, 0.25) is 10.0 Å². The first kappa shape index (κ1) is 14.5. The maximum absolute atomic E-state index is 12.5. The Kier molecular flexibility index (Phi) is 3.75. The van der Waals surface area contributed by atoms with Crippen molar-refractivity contribution in [2.45, 2.75) is 25.0 Å². The molecule has 2 atom stereocenters. The highest BCUT2D eigenvalue weighted by Gasteiger charge is 2.40. The summed E-state index contributed by atoms with van der Waals surface area (Å²) in [6.07, 6.45) is 3.51. The SMILES string of the molecule is O=C(O)c1ccc(CS(=O)(=O)N2CC3CCCC3C2)cc1. The minimum atomic E-state index is -3.30. The number of aromatic carboxylic acids is 1. The highest BCUT2D eigenvalue weighted by atomic mass is 32.2. The number of carbonyl (C=O) groups is 1. The minimum Gasteiger partial charge on any atom is -0.478 e. The Morgan fingerprint density at radius 1 is 1.14 bits per heavy atom. The highest BCUT2D eigenvalue weighted by molar-refractivity contribution is 7.88. The molecule has 1 saturated heterocycles. The molecule has 3 rings (SSSR count). The van der Waals surface area contributed by atoms with Crippen molar-refractivity contribution >= 4 is 16.0 Å². The predicted octanol–water partition coefficient (Wildman–Crippen LogP) is 1.95. The van der Waals surface area contributed by atoms with Crippen LogP contribution in [-0.4, -0.2) is 36.9 Å². The Hall–Kier alpha value is -1.40. The van der Waals surface area contributed by atoms with Crippen LogP contribution in [0.25, 0.3) is 0 Å². The van der Waals surface area contributed by atoms with Gasteiger partial charge in [-0.2, -0.15) is 0 Å². The van der Waals surface area contributed by atoms with E-state index in [4.69, 9.17) is 5.11 Å². The summed E-state index contributed by atoms with van der Waals surface area (Å²) >= 11 is 0. The van der Waals surface area contributed by atoms with Crippen LogP contribution in [0.3, 0.4) is 0 Å². The molecule has 0 radical (unpaired) electrons. The summed E-state index contributed by atoms with van der Waals surface area (Å²) in [7, 11) is -3.30. The molecular formula is C15H19NO4S. The third-order valence-corrected chi connectivity index (χ3v) is 6.42. The van der Waals surface area contributed by atoms with Crippen LogP contribution in [-0.2, 0) is 15.8 Å². The van der Waals surface area contributed by atoms with E-state index in [1.165, 1.54) is 18.6 Å². The molecule has 1 aliphatic heterocycles. The number of benzene rings is 1. The van der Waals surface area contributed by atoms with Crippen molar-refractivity contribution in [1.29, 1.82) is 0 Å². The van der Waals surface area contributed by atoms with E-state index in [1.807, 2.05) is 0 Å². The third-order valence-electron chi connectivity index (χ3n) is 4.64. The van der Waals surface area contributed by atoms with Gasteiger partial charge < -0.3 is 5.11 Å². The first-order valence-corrected chi connectivity index (χ1v) is 8.87. The van der Waals surface area contributed by atoms with Gasteiger partial charge in [-0.25, -0.2) is 17.5 Å². The summed E-state index contributed by atoms with van der Waals surface area (Å²) in [5.41, 5.74) is 0.809. The zero-order valence-electron chi connectivity index (χ0n) is 11.7. The average Bonchev–Trinajstić information content (AvgIpc) is 2.99. The van der Waals surface area contributed by atoms with Crippen molar-refractivity contribution < 1.29 is 18.3 Å². The number of sulfonamides is 1. The first-order valence-electron chi connectivity index (χ1n) is 7.26. The van der Waals surface area contributed by atoms with Crippen molar-refractivity contribution in [2.24, 2.45) is 11.8 Å². The summed E-state index contributed by atoms with van der Waals surface area (Å²) in [5, 5.41) is 8.85. The first-order chi connectivity index (χ1) is 9.95. The second-order valence-corrected chi connectivity index (χ2v) is 8.00. The molecule has 2 fully saturated rings. The molecule has 1 aliphatic carbocycles. The van der Waals surface area contributed by atoms with E-state index in [0.29, 0.717) is 30.5 Å². The van der Waals surface area contributed by atoms with Crippen molar-refractivity contribution in [1.82, 2.24) is 4.31 Å². The monoisotopic (exact) mass is 309 g/mol. The van der Waals surface area contributed by atoms with Crippen LogP contribution in [0.15, 0.2) is 24.3 Å². The predicted molar refractivity (Wildman–Crippen MR) is 78.4 cm³/mol. The maximum atomic E-state index is 12.5. The molecule has 1 aromatic rings. The maximum Gasteiger partial charge on any atom is 0.335 e. The molecule has 0 spiro atoms. The fourth-order valence-corrected chi connectivity index (χ4v) is 5.10. The molecule has 1 saturated carbocycles. The van der Waals surface area contributed by atoms with Crippen LogP contribution < -0.4 is 0 Å². The number of hydrogen-bond acceptors (Lipinski definition) is 3. The summed E-state index contributed by atoms with van der Waals surface area (Å²) in [4.78, 5) is 10.8. The van der Waals surface area contributed by atoms with Crippen LogP contribution in [0, 0.1) is 11.8 Å². The van der Waals surface area contributed by atoms with E-state index in [-0.39, 0.29) is 11.3 Å². The number of fused-ring (bicyclic) bond motifs is 1. The molecule has 114 valence electrons. The molecular weight excluding hydrogens is 290 g/mol. The van der Waals surface area contributed by atoms with Crippen LogP contribution in [0.2, 0.25) is 0 Å². The van der Waals surface area contributed by atoms with Crippen LogP contribution in [0.1, 0.15) is 35.2 Å². The van der Waals surface area contributed by atoms with Gasteiger partial charge in [-0.05, 0) is 42.4 Å².